The van der Waals surface area contributed by atoms with Gasteiger partial charge < -0.3 is 0 Å². The average Bonchev–Trinajstić information content (AvgIpc) is 3.36. The van der Waals surface area contributed by atoms with Gasteiger partial charge in [-0.2, -0.15) is 0 Å². The number of fused-ring (bicyclic) bond motifs is 6. The minimum atomic E-state index is -2.15. The van der Waals surface area contributed by atoms with E-state index in [-0.39, 0.29) is 10.8 Å². The van der Waals surface area contributed by atoms with E-state index >= 15 is 0 Å². The van der Waals surface area contributed by atoms with Crippen LogP contribution in [-0.4, -0.2) is 8.07 Å². The Bertz CT molecular complexity index is 1250. The first kappa shape index (κ1) is 27.3. The second kappa shape index (κ2) is 9.07. The number of benzene rings is 1. The average molecular weight is 527 g/mol. The second-order valence-electron chi connectivity index (χ2n) is 14.5. The minimum absolute atomic E-state index is 0.108. The SMILES string of the molecule is C[C]1[CH][C]2[C](C=Cc3cc(C)ccc32)[C]1[Si](C)(C)[C]1[C]2C=C(C(C)(C)C)C=C[C]2[C]2C=CC(C(C)(C)C)=C[C]21. The molecule has 5 aliphatic carbocycles. The maximum Gasteiger partial charge on any atom is 0.0647 e. The lowest BCUT2D eigenvalue weighted by Gasteiger charge is -2.45. The van der Waals surface area contributed by atoms with Crippen LogP contribution in [0.2, 0.25) is 13.1 Å². The third-order valence-electron chi connectivity index (χ3n) is 9.09. The van der Waals surface area contributed by atoms with Crippen LogP contribution in [0.15, 0.2) is 71.9 Å². The number of rotatable bonds is 2. The van der Waals surface area contributed by atoms with Crippen molar-refractivity contribution >= 4 is 14.1 Å². The van der Waals surface area contributed by atoms with E-state index in [1.165, 1.54) is 69.3 Å². The van der Waals surface area contributed by atoms with E-state index < -0.39 is 8.07 Å². The highest BCUT2D eigenvalue weighted by Gasteiger charge is 2.62. The number of allylic oxidation sites excluding steroid dienone is 9. The summed E-state index contributed by atoms with van der Waals surface area (Å²) in [6.07, 6.45) is 21.8. The van der Waals surface area contributed by atoms with Crippen LogP contribution in [0.4, 0.5) is 0 Å². The van der Waals surface area contributed by atoms with Gasteiger partial charge in [-0.1, -0.05) is 134 Å². The normalized spacial score (nSPS) is 24.7. The van der Waals surface area contributed by atoms with Gasteiger partial charge in [-0.3, -0.25) is 0 Å². The summed E-state index contributed by atoms with van der Waals surface area (Å²) >= 11 is 0. The van der Waals surface area contributed by atoms with E-state index in [1.54, 1.807) is 11.1 Å². The molecule has 1 aromatic carbocycles. The molecule has 39 heavy (non-hydrogen) atoms. The molecule has 0 N–H and O–H groups in total. The monoisotopic (exact) mass is 526 g/mol. The Balaban J connectivity index is 1.44. The topological polar surface area (TPSA) is 0 Å². The Kier molecular flexibility index (Phi) is 6.35. The third-order valence-corrected chi connectivity index (χ3v) is 12.8. The lowest BCUT2D eigenvalue weighted by atomic mass is 9.74. The molecule has 2 fully saturated rings. The molecule has 1 heteroatoms. The number of hydrogen-bond acceptors (Lipinski definition) is 0. The maximum absolute atomic E-state index is 2.59. The van der Waals surface area contributed by atoms with Crippen molar-refractivity contribution in [3.63, 3.8) is 0 Å². The summed E-state index contributed by atoms with van der Waals surface area (Å²) < 4.78 is 0. The van der Waals surface area contributed by atoms with Crippen molar-refractivity contribution in [2.75, 3.05) is 0 Å². The summed E-state index contributed by atoms with van der Waals surface area (Å²) in [5.74, 6) is 10.0. The van der Waals surface area contributed by atoms with Crippen molar-refractivity contribution < 1.29 is 0 Å². The van der Waals surface area contributed by atoms with Crippen LogP contribution >= 0.6 is 0 Å². The summed E-state index contributed by atoms with van der Waals surface area (Å²) in [7, 11) is -2.15. The van der Waals surface area contributed by atoms with Crippen molar-refractivity contribution in [2.24, 2.45) is 10.8 Å². The molecule has 0 heterocycles. The molecule has 0 amide bonds. The highest BCUT2D eigenvalue weighted by molar-refractivity contribution is 6.90. The highest BCUT2D eigenvalue weighted by atomic mass is 28.3. The van der Waals surface area contributed by atoms with Crippen LogP contribution in [0.25, 0.3) is 6.08 Å². The van der Waals surface area contributed by atoms with Crippen LogP contribution in [-0.2, 0) is 0 Å². The molecule has 0 unspecified atom stereocenters. The van der Waals surface area contributed by atoms with E-state index in [1.807, 2.05) is 0 Å². The fourth-order valence-corrected chi connectivity index (χ4v) is 11.0. The molecule has 10 radical (unpaired) electrons. The molecule has 0 spiro atoms. The number of aryl methyl sites for hydroxylation is 1. The van der Waals surface area contributed by atoms with E-state index in [9.17, 15) is 0 Å². The van der Waals surface area contributed by atoms with Crippen molar-refractivity contribution in [1.82, 2.24) is 0 Å². The lowest BCUT2D eigenvalue weighted by Crippen LogP contribution is -2.48. The van der Waals surface area contributed by atoms with Crippen LogP contribution in [0.5, 0.6) is 0 Å². The van der Waals surface area contributed by atoms with Gasteiger partial charge in [0.05, 0.1) is 8.07 Å². The molecule has 0 atom stereocenters. The first-order valence-electron chi connectivity index (χ1n) is 14.5. The first-order chi connectivity index (χ1) is 18.2. The Morgan fingerprint density at radius 1 is 0.564 bits per heavy atom. The van der Waals surface area contributed by atoms with Gasteiger partial charge in [-0.25, -0.2) is 0 Å². The Morgan fingerprint density at radius 3 is 1.64 bits per heavy atom. The molecule has 0 aliphatic heterocycles. The summed E-state index contributed by atoms with van der Waals surface area (Å²) in [6.45, 7) is 23.7. The second-order valence-corrected chi connectivity index (χ2v) is 18.7. The largest absolute Gasteiger partial charge is 0.0755 e. The summed E-state index contributed by atoms with van der Waals surface area (Å²) in [5.41, 5.74) is 10.3. The summed E-state index contributed by atoms with van der Waals surface area (Å²) in [5, 5.41) is 0. The Labute approximate surface area is 240 Å². The molecule has 2 saturated carbocycles. The van der Waals surface area contributed by atoms with Crippen LogP contribution in [0, 0.1) is 76.7 Å². The molecule has 0 bridgehead atoms. The molecule has 0 aromatic heterocycles. The Hall–Kier alpha value is -1.86. The Morgan fingerprint density at radius 2 is 1.10 bits per heavy atom. The van der Waals surface area contributed by atoms with Gasteiger partial charge in [0.1, 0.15) is 0 Å². The molecule has 0 nitrogen and oxygen atoms in total. The highest BCUT2D eigenvalue weighted by Crippen LogP contribution is 2.67. The standard InChI is InChI=1S/C38H42Si/c1-23-11-15-28-25(19-23)12-16-31-32(28)20-24(2)35(31)39(9,10)36-33-21-26(37(3,4)5)13-17-29(33)30-18-14-27(22-34(30)36)38(6,7)8/h11-22H,1-10H3. The van der Waals surface area contributed by atoms with Crippen molar-refractivity contribution in [1.29, 1.82) is 0 Å². The third kappa shape index (κ3) is 4.37. The zero-order valence-corrected chi connectivity index (χ0v) is 26.4. The van der Waals surface area contributed by atoms with Crippen LogP contribution in [0.1, 0.15) is 65.2 Å². The van der Waals surface area contributed by atoms with Gasteiger partial charge >= 0.3 is 0 Å². The molecule has 5 aliphatic rings. The molecule has 1 aromatic rings. The summed E-state index contributed by atoms with van der Waals surface area (Å²) in [6, 6.07) is 6.90. The van der Waals surface area contributed by atoms with Gasteiger partial charge in [0, 0.05) is 35.5 Å². The van der Waals surface area contributed by atoms with E-state index in [4.69, 9.17) is 0 Å². The van der Waals surface area contributed by atoms with Crippen LogP contribution in [0.3, 0.4) is 0 Å². The van der Waals surface area contributed by atoms with E-state index in [0.717, 1.165) is 0 Å². The van der Waals surface area contributed by atoms with E-state index in [2.05, 4.69) is 142 Å². The fourth-order valence-electron chi connectivity index (χ4n) is 7.03. The van der Waals surface area contributed by atoms with Crippen molar-refractivity contribution in [3.05, 3.63) is 147 Å². The van der Waals surface area contributed by atoms with Gasteiger partial charge in [-0.15, -0.1) is 0 Å². The van der Waals surface area contributed by atoms with Gasteiger partial charge in [0.2, 0.25) is 0 Å². The molecule has 6 rings (SSSR count). The van der Waals surface area contributed by atoms with Gasteiger partial charge in [-0.05, 0) is 63.4 Å². The van der Waals surface area contributed by atoms with Gasteiger partial charge in [0.25, 0.3) is 0 Å². The van der Waals surface area contributed by atoms with Crippen LogP contribution < -0.4 is 0 Å². The zero-order valence-electron chi connectivity index (χ0n) is 25.4. The molecular formula is C38H42Si. The number of hydrogen-bond donors (Lipinski definition) is 0. The fraction of sp³-hybridized carbons (Fsp3) is 0.316. The predicted molar refractivity (Wildman–Crippen MR) is 169 cm³/mol. The predicted octanol–water partition coefficient (Wildman–Crippen LogP) is 9.66. The van der Waals surface area contributed by atoms with Crippen molar-refractivity contribution in [2.45, 2.75) is 68.5 Å². The minimum Gasteiger partial charge on any atom is -0.0755 e. The quantitative estimate of drug-likeness (QED) is 0.336. The molecule has 0 saturated heterocycles. The summed E-state index contributed by atoms with van der Waals surface area (Å²) in [4.78, 5) is 0. The smallest absolute Gasteiger partial charge is 0.0647 e. The maximum atomic E-state index is 2.59. The van der Waals surface area contributed by atoms with Crippen molar-refractivity contribution in [3.8, 4) is 0 Å². The molecule has 198 valence electrons. The van der Waals surface area contributed by atoms with E-state index in [0.29, 0.717) is 0 Å². The van der Waals surface area contributed by atoms with Gasteiger partial charge in [0.15, 0.2) is 0 Å². The zero-order chi connectivity index (χ0) is 28.1. The first-order valence-corrected chi connectivity index (χ1v) is 17.5. The molecular weight excluding hydrogens is 485 g/mol. The lowest BCUT2D eigenvalue weighted by molar-refractivity contribution is 0.514.